The SMILES string of the molecule is COc1ccc(CCNC(=O)C(=O)N/N=C/c2cc(OC)c(OC)c(OC)c2)cc1OC. The third-order valence-corrected chi connectivity index (χ3v) is 4.42. The standard InChI is InChI=1S/C22H27N3O7/c1-28-16-7-6-14(10-17(16)29-2)8-9-23-21(26)22(27)25-24-13-15-11-18(30-3)20(32-5)19(12-15)31-4/h6-7,10-13H,8-9H2,1-5H3,(H,23,26)(H,25,27)/b24-13+. The summed E-state index contributed by atoms with van der Waals surface area (Å²) in [7, 11) is 7.59. The van der Waals surface area contributed by atoms with E-state index < -0.39 is 11.8 Å². The molecule has 0 unspecified atom stereocenters. The summed E-state index contributed by atoms with van der Waals surface area (Å²) in [6.45, 7) is 0.262. The van der Waals surface area contributed by atoms with Crippen LogP contribution in [0.25, 0.3) is 0 Å². The average Bonchev–Trinajstić information content (AvgIpc) is 2.82. The molecule has 0 bridgehead atoms. The highest BCUT2D eigenvalue weighted by Crippen LogP contribution is 2.37. The number of benzene rings is 2. The Kier molecular flexibility index (Phi) is 9.15. The predicted molar refractivity (Wildman–Crippen MR) is 118 cm³/mol. The Morgan fingerprint density at radius 1 is 0.812 bits per heavy atom. The van der Waals surface area contributed by atoms with Crippen molar-refractivity contribution in [1.29, 1.82) is 0 Å². The van der Waals surface area contributed by atoms with Crippen LogP contribution in [0.15, 0.2) is 35.4 Å². The van der Waals surface area contributed by atoms with Crippen molar-refractivity contribution in [3.63, 3.8) is 0 Å². The van der Waals surface area contributed by atoms with Crippen LogP contribution in [-0.4, -0.2) is 60.1 Å². The normalized spacial score (nSPS) is 10.4. The van der Waals surface area contributed by atoms with Crippen LogP contribution in [0.2, 0.25) is 0 Å². The van der Waals surface area contributed by atoms with Gasteiger partial charge in [-0.3, -0.25) is 9.59 Å². The number of methoxy groups -OCH3 is 5. The highest BCUT2D eigenvalue weighted by Gasteiger charge is 2.14. The van der Waals surface area contributed by atoms with Crippen LogP contribution < -0.4 is 34.4 Å². The van der Waals surface area contributed by atoms with Crippen molar-refractivity contribution in [2.75, 3.05) is 42.1 Å². The molecule has 10 heteroatoms. The highest BCUT2D eigenvalue weighted by molar-refractivity contribution is 6.35. The molecule has 10 nitrogen and oxygen atoms in total. The van der Waals surface area contributed by atoms with Gasteiger partial charge in [-0.25, -0.2) is 5.43 Å². The van der Waals surface area contributed by atoms with Gasteiger partial charge in [0.2, 0.25) is 5.75 Å². The number of ether oxygens (including phenoxy) is 5. The van der Waals surface area contributed by atoms with Crippen molar-refractivity contribution in [2.45, 2.75) is 6.42 Å². The van der Waals surface area contributed by atoms with E-state index in [1.165, 1.54) is 27.5 Å². The van der Waals surface area contributed by atoms with E-state index >= 15 is 0 Å². The molecule has 0 radical (unpaired) electrons. The summed E-state index contributed by atoms with van der Waals surface area (Å²) in [5.74, 6) is 0.832. The van der Waals surface area contributed by atoms with Crippen LogP contribution >= 0.6 is 0 Å². The number of hydrogen-bond acceptors (Lipinski definition) is 8. The van der Waals surface area contributed by atoms with E-state index in [1.807, 2.05) is 12.1 Å². The fourth-order valence-electron chi connectivity index (χ4n) is 2.83. The maximum absolute atomic E-state index is 12.0. The van der Waals surface area contributed by atoms with Gasteiger partial charge in [-0.05, 0) is 36.2 Å². The fourth-order valence-corrected chi connectivity index (χ4v) is 2.83. The van der Waals surface area contributed by atoms with Crippen LogP contribution in [0, 0.1) is 0 Å². The van der Waals surface area contributed by atoms with Gasteiger partial charge in [0.25, 0.3) is 0 Å². The lowest BCUT2D eigenvalue weighted by atomic mass is 10.1. The molecule has 0 saturated heterocycles. The zero-order chi connectivity index (χ0) is 23.5. The summed E-state index contributed by atoms with van der Waals surface area (Å²) >= 11 is 0. The molecule has 0 heterocycles. The van der Waals surface area contributed by atoms with Crippen molar-refractivity contribution < 1.29 is 33.3 Å². The van der Waals surface area contributed by atoms with E-state index in [1.54, 1.807) is 32.4 Å². The molecule has 2 rings (SSSR count). The van der Waals surface area contributed by atoms with Gasteiger partial charge in [-0.2, -0.15) is 5.10 Å². The Morgan fingerprint density at radius 3 is 2.00 bits per heavy atom. The Morgan fingerprint density at radius 2 is 1.44 bits per heavy atom. The van der Waals surface area contributed by atoms with Crippen molar-refractivity contribution in [1.82, 2.24) is 10.7 Å². The van der Waals surface area contributed by atoms with Crippen molar-refractivity contribution in [3.8, 4) is 28.7 Å². The topological polar surface area (TPSA) is 117 Å². The number of rotatable bonds is 10. The Labute approximate surface area is 186 Å². The van der Waals surface area contributed by atoms with E-state index in [2.05, 4.69) is 15.8 Å². The quantitative estimate of drug-likeness (QED) is 0.324. The lowest BCUT2D eigenvalue weighted by Crippen LogP contribution is -2.38. The number of carbonyl (C=O) groups excluding carboxylic acids is 2. The second kappa shape index (κ2) is 12.0. The van der Waals surface area contributed by atoms with E-state index in [4.69, 9.17) is 23.7 Å². The number of nitrogens with one attached hydrogen (secondary N) is 2. The Bertz CT molecular complexity index is 951. The third kappa shape index (κ3) is 6.27. The van der Waals surface area contributed by atoms with Crippen molar-refractivity contribution in [3.05, 3.63) is 41.5 Å². The molecule has 2 aromatic rings. The zero-order valence-electron chi connectivity index (χ0n) is 18.7. The van der Waals surface area contributed by atoms with Crippen molar-refractivity contribution >= 4 is 18.0 Å². The van der Waals surface area contributed by atoms with Crippen molar-refractivity contribution in [2.24, 2.45) is 5.10 Å². The second-order valence-corrected chi connectivity index (χ2v) is 6.35. The fraction of sp³-hybridized carbons (Fsp3) is 0.318. The molecule has 0 aliphatic rings. The molecule has 0 saturated carbocycles. The molecule has 0 spiro atoms. The first kappa shape index (κ1) is 24.3. The van der Waals surface area contributed by atoms with E-state index in [0.29, 0.717) is 40.7 Å². The summed E-state index contributed by atoms with van der Waals surface area (Å²) in [5, 5.41) is 6.35. The molecule has 172 valence electrons. The van der Waals surface area contributed by atoms with Crippen LogP contribution in [-0.2, 0) is 16.0 Å². The maximum atomic E-state index is 12.0. The molecule has 2 N–H and O–H groups in total. The Hall–Kier alpha value is -3.95. The van der Waals surface area contributed by atoms with Gasteiger partial charge >= 0.3 is 11.8 Å². The smallest absolute Gasteiger partial charge is 0.329 e. The molecule has 2 amide bonds. The molecular weight excluding hydrogens is 418 g/mol. The molecule has 2 aromatic carbocycles. The first-order chi connectivity index (χ1) is 15.5. The minimum atomic E-state index is -0.888. The number of nitrogens with zero attached hydrogens (tertiary/aromatic N) is 1. The van der Waals surface area contributed by atoms with E-state index in [0.717, 1.165) is 5.56 Å². The Balaban J connectivity index is 1.89. The number of carbonyl (C=O) groups is 2. The first-order valence-corrected chi connectivity index (χ1v) is 9.59. The molecule has 0 atom stereocenters. The molecule has 0 aromatic heterocycles. The number of hydrogen-bond donors (Lipinski definition) is 2. The van der Waals surface area contributed by atoms with Crippen LogP contribution in [0.1, 0.15) is 11.1 Å². The van der Waals surface area contributed by atoms with Crippen LogP contribution in [0.5, 0.6) is 28.7 Å². The van der Waals surface area contributed by atoms with Gasteiger partial charge in [0.15, 0.2) is 23.0 Å². The molecule has 0 fully saturated rings. The van der Waals surface area contributed by atoms with E-state index in [-0.39, 0.29) is 6.54 Å². The highest BCUT2D eigenvalue weighted by atomic mass is 16.5. The van der Waals surface area contributed by atoms with Gasteiger partial charge < -0.3 is 29.0 Å². The van der Waals surface area contributed by atoms with Gasteiger partial charge in [-0.1, -0.05) is 6.07 Å². The average molecular weight is 445 g/mol. The predicted octanol–water partition coefficient (Wildman–Crippen LogP) is 1.54. The maximum Gasteiger partial charge on any atom is 0.329 e. The number of amides is 2. The van der Waals surface area contributed by atoms with E-state index in [9.17, 15) is 9.59 Å². The first-order valence-electron chi connectivity index (χ1n) is 9.59. The summed E-state index contributed by atoms with van der Waals surface area (Å²) in [5.41, 5.74) is 3.68. The van der Waals surface area contributed by atoms with Crippen LogP contribution in [0.4, 0.5) is 0 Å². The van der Waals surface area contributed by atoms with Crippen LogP contribution in [0.3, 0.4) is 0 Å². The van der Waals surface area contributed by atoms with Gasteiger partial charge in [0.05, 0.1) is 41.8 Å². The number of hydrazone groups is 1. The molecular formula is C22H27N3O7. The summed E-state index contributed by atoms with van der Waals surface area (Å²) < 4.78 is 26.2. The molecule has 0 aliphatic carbocycles. The lowest BCUT2D eigenvalue weighted by molar-refractivity contribution is -0.139. The van der Waals surface area contributed by atoms with Gasteiger partial charge in [-0.15, -0.1) is 0 Å². The molecule has 0 aliphatic heterocycles. The second-order valence-electron chi connectivity index (χ2n) is 6.35. The summed E-state index contributed by atoms with van der Waals surface area (Å²) in [6, 6.07) is 8.75. The molecule has 32 heavy (non-hydrogen) atoms. The summed E-state index contributed by atoms with van der Waals surface area (Å²) in [4.78, 5) is 23.9. The summed E-state index contributed by atoms with van der Waals surface area (Å²) in [6.07, 6.45) is 1.87. The van der Waals surface area contributed by atoms with Gasteiger partial charge in [0.1, 0.15) is 0 Å². The minimum Gasteiger partial charge on any atom is -0.493 e. The zero-order valence-corrected chi connectivity index (χ0v) is 18.7. The third-order valence-electron chi connectivity index (χ3n) is 4.42. The largest absolute Gasteiger partial charge is 0.493 e. The lowest BCUT2D eigenvalue weighted by Gasteiger charge is -2.12. The minimum absolute atomic E-state index is 0.262. The van der Waals surface area contributed by atoms with Gasteiger partial charge in [0, 0.05) is 12.1 Å². The monoisotopic (exact) mass is 445 g/mol.